The summed E-state index contributed by atoms with van der Waals surface area (Å²) in [5, 5.41) is 6.87. The monoisotopic (exact) mass is 366 g/mol. The Morgan fingerprint density at radius 3 is 2.46 bits per heavy atom. The number of carbonyl (C=O) groups is 2. The molecule has 0 heterocycles. The fraction of sp³-hybridized carbons (Fsp3) is 0.176. The van der Waals surface area contributed by atoms with E-state index in [0.29, 0.717) is 33.5 Å². The lowest BCUT2D eigenvalue weighted by Crippen LogP contribution is -2.16. The number of anilines is 2. The van der Waals surface area contributed by atoms with Crippen LogP contribution in [0.2, 0.25) is 10.0 Å². The van der Waals surface area contributed by atoms with Gasteiger partial charge in [-0.25, -0.2) is 4.79 Å². The molecule has 0 aliphatic rings. The first-order valence-electron chi connectivity index (χ1n) is 7.17. The number of esters is 1. The summed E-state index contributed by atoms with van der Waals surface area (Å²) in [5.74, 6) is -0.597. The van der Waals surface area contributed by atoms with Crippen LogP contribution in [-0.2, 0) is 9.53 Å². The largest absolute Gasteiger partial charge is 0.465 e. The summed E-state index contributed by atoms with van der Waals surface area (Å²) in [7, 11) is 1.31. The third-order valence-corrected chi connectivity index (χ3v) is 3.76. The molecule has 24 heavy (non-hydrogen) atoms. The molecule has 0 unspecified atom stereocenters. The Bertz CT molecular complexity index is 733. The van der Waals surface area contributed by atoms with Gasteiger partial charge in [0.05, 0.1) is 23.4 Å². The zero-order chi connectivity index (χ0) is 17.5. The number of methoxy groups -OCH3 is 1. The molecule has 2 N–H and O–H groups in total. The van der Waals surface area contributed by atoms with Gasteiger partial charge in [0.2, 0.25) is 5.91 Å². The van der Waals surface area contributed by atoms with Gasteiger partial charge < -0.3 is 15.4 Å². The van der Waals surface area contributed by atoms with Crippen LogP contribution in [0.1, 0.15) is 16.8 Å². The van der Waals surface area contributed by atoms with Crippen LogP contribution < -0.4 is 10.6 Å². The number of amides is 1. The van der Waals surface area contributed by atoms with Crippen molar-refractivity contribution in [3.63, 3.8) is 0 Å². The van der Waals surface area contributed by atoms with E-state index < -0.39 is 5.97 Å². The molecular formula is C17H16Cl2N2O3. The molecule has 0 spiro atoms. The number of nitrogens with one attached hydrogen (secondary N) is 2. The first-order chi connectivity index (χ1) is 11.5. The number of halogens is 2. The number of hydrogen-bond acceptors (Lipinski definition) is 4. The lowest BCUT2D eigenvalue weighted by Gasteiger charge is -2.10. The van der Waals surface area contributed by atoms with Gasteiger partial charge in [-0.2, -0.15) is 0 Å². The third-order valence-electron chi connectivity index (χ3n) is 3.18. The molecule has 1 amide bonds. The molecule has 0 aliphatic carbocycles. The number of ether oxygens (including phenoxy) is 1. The summed E-state index contributed by atoms with van der Waals surface area (Å²) >= 11 is 11.9. The van der Waals surface area contributed by atoms with Gasteiger partial charge in [-0.3, -0.25) is 4.79 Å². The minimum absolute atomic E-state index is 0.148. The van der Waals surface area contributed by atoms with Gasteiger partial charge in [0.15, 0.2) is 0 Å². The van der Waals surface area contributed by atoms with Crippen molar-refractivity contribution in [2.24, 2.45) is 0 Å². The Balaban J connectivity index is 1.88. The average molecular weight is 367 g/mol. The quantitative estimate of drug-likeness (QED) is 0.751. The van der Waals surface area contributed by atoms with E-state index in [1.54, 1.807) is 42.5 Å². The summed E-state index contributed by atoms with van der Waals surface area (Å²) in [6, 6.07) is 11.6. The fourth-order valence-corrected chi connectivity index (χ4v) is 2.28. The van der Waals surface area contributed by atoms with E-state index in [1.807, 2.05) is 0 Å². The average Bonchev–Trinajstić information content (AvgIpc) is 2.58. The van der Waals surface area contributed by atoms with Crippen molar-refractivity contribution in [2.45, 2.75) is 6.42 Å². The number of carbonyl (C=O) groups excluding carboxylic acids is 2. The minimum Gasteiger partial charge on any atom is -0.465 e. The molecule has 2 aromatic rings. The summed E-state index contributed by atoms with van der Waals surface area (Å²) in [4.78, 5) is 23.4. The molecular weight excluding hydrogens is 351 g/mol. The van der Waals surface area contributed by atoms with Crippen LogP contribution >= 0.6 is 23.2 Å². The molecule has 0 bridgehead atoms. The molecule has 2 rings (SSSR count). The highest BCUT2D eigenvalue weighted by Crippen LogP contribution is 2.23. The normalized spacial score (nSPS) is 10.1. The van der Waals surface area contributed by atoms with Crippen molar-refractivity contribution in [3.05, 3.63) is 58.1 Å². The van der Waals surface area contributed by atoms with Gasteiger partial charge in [0.1, 0.15) is 0 Å². The highest BCUT2D eigenvalue weighted by molar-refractivity contribution is 6.33. The Kier molecular flexibility index (Phi) is 6.46. The molecule has 126 valence electrons. The van der Waals surface area contributed by atoms with E-state index in [1.165, 1.54) is 7.11 Å². The maximum atomic E-state index is 11.9. The molecule has 0 radical (unpaired) electrons. The molecule has 0 aliphatic heterocycles. The standard InChI is InChI=1S/C17H16Cl2N2O3/c1-24-17(23)11-2-7-14(19)15(10-11)20-9-8-16(22)21-13-5-3-12(18)4-6-13/h2-7,10,20H,8-9H2,1H3,(H,21,22). The number of benzene rings is 2. The molecule has 2 aromatic carbocycles. The van der Waals surface area contributed by atoms with Gasteiger partial charge >= 0.3 is 5.97 Å². The van der Waals surface area contributed by atoms with Crippen LogP contribution in [0.25, 0.3) is 0 Å². The van der Waals surface area contributed by atoms with E-state index in [4.69, 9.17) is 23.2 Å². The summed E-state index contributed by atoms with van der Waals surface area (Å²) in [5.41, 5.74) is 1.63. The molecule has 5 nitrogen and oxygen atoms in total. The number of hydrogen-bond donors (Lipinski definition) is 2. The molecule has 0 aromatic heterocycles. The zero-order valence-corrected chi connectivity index (χ0v) is 14.4. The fourth-order valence-electron chi connectivity index (χ4n) is 1.97. The topological polar surface area (TPSA) is 67.4 Å². The van der Waals surface area contributed by atoms with Crippen molar-refractivity contribution in [3.8, 4) is 0 Å². The summed E-state index contributed by atoms with van der Waals surface area (Å²) in [6.45, 7) is 0.365. The lowest BCUT2D eigenvalue weighted by molar-refractivity contribution is -0.115. The maximum absolute atomic E-state index is 11.9. The lowest BCUT2D eigenvalue weighted by atomic mass is 10.2. The highest BCUT2D eigenvalue weighted by atomic mass is 35.5. The van der Waals surface area contributed by atoms with Crippen molar-refractivity contribution in [1.82, 2.24) is 0 Å². The van der Waals surface area contributed by atoms with Crippen LogP contribution in [0.5, 0.6) is 0 Å². The molecule has 7 heteroatoms. The second-order valence-electron chi connectivity index (χ2n) is 4.92. The molecule has 0 saturated carbocycles. The summed E-state index contributed by atoms with van der Waals surface area (Å²) < 4.78 is 4.67. The van der Waals surface area contributed by atoms with E-state index in [-0.39, 0.29) is 12.3 Å². The van der Waals surface area contributed by atoms with E-state index in [0.717, 1.165) is 0 Å². The summed E-state index contributed by atoms with van der Waals surface area (Å²) in [6.07, 6.45) is 0.238. The van der Waals surface area contributed by atoms with Crippen molar-refractivity contribution in [2.75, 3.05) is 24.3 Å². The smallest absolute Gasteiger partial charge is 0.337 e. The molecule has 0 atom stereocenters. The zero-order valence-electron chi connectivity index (χ0n) is 12.9. The predicted molar refractivity (Wildman–Crippen MR) is 96.0 cm³/mol. The minimum atomic E-state index is -0.449. The molecule has 0 saturated heterocycles. The van der Waals surface area contributed by atoms with Crippen LogP contribution in [0, 0.1) is 0 Å². The van der Waals surface area contributed by atoms with Crippen LogP contribution in [0.15, 0.2) is 42.5 Å². The second kappa shape index (κ2) is 8.57. The van der Waals surface area contributed by atoms with Crippen molar-refractivity contribution >= 4 is 46.5 Å². The first-order valence-corrected chi connectivity index (χ1v) is 7.92. The van der Waals surface area contributed by atoms with Crippen LogP contribution in [0.3, 0.4) is 0 Å². The van der Waals surface area contributed by atoms with Gasteiger partial charge in [-0.15, -0.1) is 0 Å². The van der Waals surface area contributed by atoms with Gasteiger partial charge in [-0.1, -0.05) is 23.2 Å². The predicted octanol–water partition coefficient (Wildman–Crippen LogP) is 4.22. The maximum Gasteiger partial charge on any atom is 0.337 e. The van der Waals surface area contributed by atoms with Crippen LogP contribution in [-0.4, -0.2) is 25.5 Å². The van der Waals surface area contributed by atoms with Crippen molar-refractivity contribution < 1.29 is 14.3 Å². The Morgan fingerprint density at radius 2 is 1.79 bits per heavy atom. The van der Waals surface area contributed by atoms with E-state index in [2.05, 4.69) is 15.4 Å². The van der Waals surface area contributed by atoms with Gasteiger partial charge in [0, 0.05) is 23.7 Å². The SMILES string of the molecule is COC(=O)c1ccc(Cl)c(NCCC(=O)Nc2ccc(Cl)cc2)c1. The van der Waals surface area contributed by atoms with Crippen LogP contribution in [0.4, 0.5) is 11.4 Å². The first kappa shape index (κ1) is 18.1. The third kappa shape index (κ3) is 5.15. The number of rotatable bonds is 6. The van der Waals surface area contributed by atoms with E-state index >= 15 is 0 Å². The Labute approximate surface area is 149 Å². The van der Waals surface area contributed by atoms with E-state index in [9.17, 15) is 9.59 Å². The van der Waals surface area contributed by atoms with Crippen molar-refractivity contribution in [1.29, 1.82) is 0 Å². The second-order valence-corrected chi connectivity index (χ2v) is 5.76. The van der Waals surface area contributed by atoms with Gasteiger partial charge in [-0.05, 0) is 42.5 Å². The Hall–Kier alpha value is -2.24. The molecule has 0 fully saturated rings. The highest BCUT2D eigenvalue weighted by Gasteiger charge is 2.09. The van der Waals surface area contributed by atoms with Gasteiger partial charge in [0.25, 0.3) is 0 Å². The Morgan fingerprint density at radius 1 is 1.08 bits per heavy atom.